The van der Waals surface area contributed by atoms with Gasteiger partial charge in [0.25, 0.3) is 0 Å². The van der Waals surface area contributed by atoms with Gasteiger partial charge in [0.15, 0.2) is 11.5 Å². The second-order valence-corrected chi connectivity index (χ2v) is 3.66. The molecule has 0 fully saturated rings. The quantitative estimate of drug-likeness (QED) is 0.839. The number of amides is 2. The average Bonchev–Trinajstić information content (AvgIpc) is 2.34. The first kappa shape index (κ1) is 13.2. The van der Waals surface area contributed by atoms with Crippen molar-refractivity contribution in [3.63, 3.8) is 0 Å². The molecule has 0 atom stereocenters. The number of carbonyl (C=O) groups excluding carboxylic acids is 1. The van der Waals surface area contributed by atoms with Crippen molar-refractivity contribution >= 4 is 6.03 Å². The van der Waals surface area contributed by atoms with E-state index in [1.54, 1.807) is 21.3 Å². The molecule has 0 bridgehead atoms. The summed E-state index contributed by atoms with van der Waals surface area (Å²) >= 11 is 0. The third kappa shape index (κ3) is 3.27. The lowest BCUT2D eigenvalue weighted by Crippen LogP contribution is -2.33. The van der Waals surface area contributed by atoms with E-state index in [9.17, 15) is 4.79 Å². The number of benzene rings is 1. The molecule has 1 aromatic rings. The van der Waals surface area contributed by atoms with E-state index in [0.717, 1.165) is 5.56 Å². The number of hydrogen-bond acceptors (Lipinski definition) is 3. The number of carbonyl (C=O) groups is 1. The van der Waals surface area contributed by atoms with Crippen LogP contribution in [0.4, 0.5) is 4.79 Å². The Hall–Kier alpha value is -1.91. The van der Waals surface area contributed by atoms with Crippen molar-refractivity contribution in [3.8, 4) is 11.5 Å². The highest BCUT2D eigenvalue weighted by Crippen LogP contribution is 2.30. The van der Waals surface area contributed by atoms with Crippen molar-refractivity contribution in [2.75, 3.05) is 27.8 Å². The molecule has 0 saturated carbocycles. The van der Waals surface area contributed by atoms with Gasteiger partial charge in [-0.2, -0.15) is 0 Å². The lowest BCUT2D eigenvalue weighted by atomic mass is 10.1. The van der Waals surface area contributed by atoms with Crippen LogP contribution in [-0.4, -0.2) is 38.7 Å². The summed E-state index contributed by atoms with van der Waals surface area (Å²) in [6.45, 7) is 0.541. The van der Waals surface area contributed by atoms with Gasteiger partial charge in [-0.3, -0.25) is 0 Å². The predicted octanol–water partition coefficient (Wildman–Crippen LogP) is 1.26. The smallest absolute Gasteiger partial charge is 0.314 e. The SMILES string of the molecule is COc1cccc(CCN(C)C(N)=O)c1OC. The van der Waals surface area contributed by atoms with Crippen LogP contribution in [0.1, 0.15) is 5.56 Å². The van der Waals surface area contributed by atoms with E-state index in [1.165, 1.54) is 4.90 Å². The van der Waals surface area contributed by atoms with Gasteiger partial charge in [0.05, 0.1) is 14.2 Å². The van der Waals surface area contributed by atoms with E-state index in [0.29, 0.717) is 24.5 Å². The minimum Gasteiger partial charge on any atom is -0.493 e. The number of nitrogens with two attached hydrogens (primary N) is 1. The fourth-order valence-electron chi connectivity index (χ4n) is 1.55. The third-order valence-electron chi connectivity index (χ3n) is 2.58. The molecule has 1 aromatic carbocycles. The topological polar surface area (TPSA) is 64.8 Å². The van der Waals surface area contributed by atoms with E-state index >= 15 is 0 Å². The average molecular weight is 238 g/mol. The monoisotopic (exact) mass is 238 g/mol. The molecular weight excluding hydrogens is 220 g/mol. The maximum atomic E-state index is 10.9. The van der Waals surface area contributed by atoms with Gasteiger partial charge >= 0.3 is 6.03 Å². The second-order valence-electron chi connectivity index (χ2n) is 3.66. The number of methoxy groups -OCH3 is 2. The summed E-state index contributed by atoms with van der Waals surface area (Å²) in [5, 5.41) is 0. The van der Waals surface area contributed by atoms with E-state index < -0.39 is 6.03 Å². The van der Waals surface area contributed by atoms with E-state index in [-0.39, 0.29) is 0 Å². The Morgan fingerprint density at radius 2 is 2.06 bits per heavy atom. The molecule has 2 N–H and O–H groups in total. The fourth-order valence-corrected chi connectivity index (χ4v) is 1.55. The van der Waals surface area contributed by atoms with Crippen molar-refractivity contribution in [1.82, 2.24) is 4.90 Å². The summed E-state index contributed by atoms with van der Waals surface area (Å²) in [5.41, 5.74) is 6.14. The lowest BCUT2D eigenvalue weighted by Gasteiger charge is -2.16. The van der Waals surface area contributed by atoms with Crippen molar-refractivity contribution in [2.24, 2.45) is 5.73 Å². The minimum atomic E-state index is -0.438. The maximum absolute atomic E-state index is 10.9. The first-order valence-corrected chi connectivity index (χ1v) is 5.30. The third-order valence-corrected chi connectivity index (χ3v) is 2.58. The van der Waals surface area contributed by atoms with Crippen LogP contribution in [0.5, 0.6) is 11.5 Å². The molecule has 5 nitrogen and oxygen atoms in total. The highest BCUT2D eigenvalue weighted by molar-refractivity contribution is 5.71. The van der Waals surface area contributed by atoms with Crippen LogP contribution in [0.2, 0.25) is 0 Å². The standard InChI is InChI=1S/C12H18N2O3/c1-14(12(13)15)8-7-9-5-4-6-10(16-2)11(9)17-3/h4-6H,7-8H2,1-3H3,(H2,13,15). The summed E-state index contributed by atoms with van der Waals surface area (Å²) in [7, 11) is 4.85. The highest BCUT2D eigenvalue weighted by Gasteiger charge is 2.10. The summed E-state index contributed by atoms with van der Waals surface area (Å²) in [5.74, 6) is 1.39. The van der Waals surface area contributed by atoms with E-state index in [4.69, 9.17) is 15.2 Å². The molecule has 0 heterocycles. The largest absolute Gasteiger partial charge is 0.493 e. The molecule has 0 aromatic heterocycles. The lowest BCUT2D eigenvalue weighted by molar-refractivity contribution is 0.219. The van der Waals surface area contributed by atoms with Crippen LogP contribution < -0.4 is 15.2 Å². The van der Waals surface area contributed by atoms with Gasteiger partial charge in [-0.1, -0.05) is 12.1 Å². The number of hydrogen-bond donors (Lipinski definition) is 1. The maximum Gasteiger partial charge on any atom is 0.314 e. The molecule has 1 rings (SSSR count). The number of nitrogens with zero attached hydrogens (tertiary/aromatic N) is 1. The van der Waals surface area contributed by atoms with Gasteiger partial charge in [0.1, 0.15) is 0 Å². The van der Waals surface area contributed by atoms with E-state index in [1.807, 2.05) is 18.2 Å². The normalized spacial score (nSPS) is 9.82. The van der Waals surface area contributed by atoms with Gasteiger partial charge in [-0.15, -0.1) is 0 Å². The van der Waals surface area contributed by atoms with Gasteiger partial charge < -0.3 is 20.1 Å². The van der Waals surface area contributed by atoms with Crippen LogP contribution in [0.3, 0.4) is 0 Å². The fraction of sp³-hybridized carbons (Fsp3) is 0.417. The van der Waals surface area contributed by atoms with Crippen LogP contribution in [0, 0.1) is 0 Å². The molecule has 5 heteroatoms. The summed E-state index contributed by atoms with van der Waals surface area (Å²) in [6.07, 6.45) is 0.666. The first-order valence-electron chi connectivity index (χ1n) is 5.30. The number of likely N-dealkylation sites (N-methyl/N-ethyl adjacent to an activating group) is 1. The molecule has 0 radical (unpaired) electrons. The van der Waals surface area contributed by atoms with Gasteiger partial charge in [-0.05, 0) is 18.1 Å². The number of rotatable bonds is 5. The van der Waals surface area contributed by atoms with Crippen LogP contribution in [-0.2, 0) is 6.42 Å². The van der Waals surface area contributed by atoms with Crippen LogP contribution in [0.25, 0.3) is 0 Å². The Morgan fingerprint density at radius 1 is 1.35 bits per heavy atom. The summed E-state index contributed by atoms with van der Waals surface area (Å²) in [4.78, 5) is 12.3. The zero-order valence-electron chi connectivity index (χ0n) is 10.4. The number of primary amides is 1. The van der Waals surface area contributed by atoms with Crippen LogP contribution >= 0.6 is 0 Å². The van der Waals surface area contributed by atoms with Gasteiger partial charge in [0, 0.05) is 13.6 Å². The Morgan fingerprint density at radius 3 is 2.59 bits per heavy atom. The number of urea groups is 1. The molecule has 0 aliphatic rings. The molecular formula is C12H18N2O3. The molecule has 2 amide bonds. The Balaban J connectivity index is 2.80. The van der Waals surface area contributed by atoms with Crippen molar-refractivity contribution in [2.45, 2.75) is 6.42 Å². The molecule has 0 unspecified atom stereocenters. The number of ether oxygens (including phenoxy) is 2. The molecule has 94 valence electrons. The summed E-state index contributed by atoms with van der Waals surface area (Å²) < 4.78 is 10.5. The molecule has 17 heavy (non-hydrogen) atoms. The molecule has 0 aliphatic heterocycles. The van der Waals surface area contributed by atoms with Gasteiger partial charge in [0.2, 0.25) is 0 Å². The molecule has 0 aliphatic carbocycles. The zero-order chi connectivity index (χ0) is 12.8. The Bertz CT molecular complexity index is 393. The minimum absolute atomic E-state index is 0.438. The van der Waals surface area contributed by atoms with Gasteiger partial charge in [-0.25, -0.2) is 4.79 Å². The van der Waals surface area contributed by atoms with Crippen molar-refractivity contribution in [1.29, 1.82) is 0 Å². The molecule has 0 spiro atoms. The van der Waals surface area contributed by atoms with Crippen molar-refractivity contribution in [3.05, 3.63) is 23.8 Å². The highest BCUT2D eigenvalue weighted by atomic mass is 16.5. The number of para-hydroxylation sites is 1. The Labute approximate surface area is 101 Å². The zero-order valence-corrected chi connectivity index (χ0v) is 10.4. The second kappa shape index (κ2) is 5.98. The summed E-state index contributed by atoms with van der Waals surface area (Å²) in [6, 6.07) is 5.23. The molecule has 0 saturated heterocycles. The van der Waals surface area contributed by atoms with E-state index in [2.05, 4.69) is 0 Å². The first-order chi connectivity index (χ1) is 8.10. The van der Waals surface area contributed by atoms with Crippen molar-refractivity contribution < 1.29 is 14.3 Å². The Kier molecular flexibility index (Phi) is 4.63. The van der Waals surface area contributed by atoms with Crippen LogP contribution in [0.15, 0.2) is 18.2 Å². The predicted molar refractivity (Wildman–Crippen MR) is 65.5 cm³/mol.